The summed E-state index contributed by atoms with van der Waals surface area (Å²) < 4.78 is 31.7. The Bertz CT molecular complexity index is 4910. The number of benzene rings is 2. The van der Waals surface area contributed by atoms with Crippen molar-refractivity contribution in [2.24, 2.45) is 5.92 Å². The summed E-state index contributed by atoms with van der Waals surface area (Å²) in [5.74, 6) is -26.8. The number of fused-ring (bicyclic) bond motifs is 2. The number of nitrogens with one attached hydrogen (secondary N) is 15. The topological polar surface area (TPSA) is 712 Å². The Kier molecular flexibility index (Phi) is 39.5. The number of carbonyl (C=O) groups excluding carboxylic acids is 14. The van der Waals surface area contributed by atoms with Crippen LogP contribution in [-0.4, -0.2) is 279 Å². The van der Waals surface area contributed by atoms with E-state index in [1.807, 2.05) is 0 Å². The lowest BCUT2D eigenvalue weighted by atomic mass is 9.96. The number of alkyl halides is 3. The maximum Gasteiger partial charge on any atom is 0.490 e. The SMILES string of the molecule is CC(C)C[C@H](NC(=O)[C@H](Cc1c[nH]c2ccccc12)NC(=O)[C@@H]1CCCN1C(=O)CNC(=O)[C@@H]1CCC(=O)N1)C(=O)N[C@@H](CCC(=O)O)C(=O)N[C@@H](CCC(=O)O)C(=O)N[C@@H](CCC(=O)O)C(=O)N[C@@H](CCC(=O)O)C(=O)N[C@@H](CCC(=O)O)C(=O)N[C@@H](C)C(=O)N[C@@H](CC1=CC=C(O)CC1)C(=O)NCC(=O)N[C@@H](Cc1c[nH]c2ccccc12)C(=O)O.O=C(O)C(F)(F)F. The first-order chi connectivity index (χ1) is 60.8. The van der Waals surface area contributed by atoms with Gasteiger partial charge in [-0.1, -0.05) is 61.9 Å². The molecule has 0 bridgehead atoms. The molecule has 3 aliphatic rings. The summed E-state index contributed by atoms with van der Waals surface area (Å²) in [5.41, 5.74) is 2.95. The molecule has 4 heterocycles. The van der Waals surface area contributed by atoms with Gasteiger partial charge in [0.1, 0.15) is 72.5 Å². The molecule has 45 nitrogen and oxygen atoms in total. The van der Waals surface area contributed by atoms with E-state index in [9.17, 15) is 145 Å². The van der Waals surface area contributed by atoms with Gasteiger partial charge >= 0.3 is 48.0 Å². The standard InChI is InChI=1S/C79H102N16O27.C2HF3O2/c1-39(2)31-55(93-77(119)57(33-42-35-80-47-11-6-4-9-45(42)47)94-78(120)59-13-8-30-95(59)62(99)38-83-69(111)49-18-24-60(97)85-49)76(118)91-54(23-29-67(108)109)75(117)90-53(22-28-66(106)107)74(116)89-52(21-27-65(104)105)73(115)88-51(20-26-64(102)103)72(114)87-50(19-25-63(100)101)71(113)84-40(3)68(110)92-56(32-41-14-16-44(96)17-15-41)70(112)82-37-61(98)86-58(79(121)122)34-43-36-81-48-12-7-5-10-46(43)48;3-2(4,5)1(6)7/h4-7,9-12,14,16,35-36,39-40,49-59,80-81,96H,8,13,15,17-34,37-38H2,1-3H3,(H,82,112)(H,83,111)(H,84,113)(H,85,97)(H,86,98)(H,87,114)(H,88,115)(H,89,116)(H,90,117)(H,91,118)(H,92,110)(H,93,119)(H,94,120)(H,100,101)(H,102,103)(H,104,105)(H,106,107)(H,108,109)(H,121,122);(H,6,7)/t40-,49-,50-,51-,52-,53-,54-,55-,56-,57-,58-,59-;/m0./s1. The number of amides is 14. The maximum absolute atomic E-state index is 14.8. The number of halogens is 3. The van der Waals surface area contributed by atoms with Gasteiger partial charge in [0.2, 0.25) is 82.7 Å². The second-order valence-electron chi connectivity index (χ2n) is 30.9. The lowest BCUT2D eigenvalue weighted by Gasteiger charge is -2.29. The monoisotopic (exact) mass is 1820 g/mol. The molecule has 0 unspecified atom stereocenters. The maximum atomic E-state index is 14.8. The summed E-state index contributed by atoms with van der Waals surface area (Å²) in [5, 5.41) is 108. The number of allylic oxidation sites excluding steroid dienone is 3. The molecule has 2 saturated heterocycles. The van der Waals surface area contributed by atoms with E-state index in [1.54, 1.807) is 74.8 Å². The van der Waals surface area contributed by atoms with Crippen molar-refractivity contribution in [1.29, 1.82) is 0 Å². The van der Waals surface area contributed by atoms with E-state index in [2.05, 4.69) is 79.1 Å². The van der Waals surface area contributed by atoms with E-state index in [0.717, 1.165) is 6.92 Å². The van der Waals surface area contributed by atoms with E-state index >= 15 is 0 Å². The Balaban J connectivity index is 0.00000351. The van der Waals surface area contributed by atoms with Crippen molar-refractivity contribution in [2.45, 2.75) is 228 Å². The number of H-pyrrole nitrogens is 2. The van der Waals surface area contributed by atoms with Gasteiger partial charge in [-0.2, -0.15) is 13.2 Å². The number of carboxylic acids is 7. The molecule has 2 aromatic heterocycles. The first-order valence-electron chi connectivity index (χ1n) is 40.7. The average molecular weight is 1820 g/mol. The van der Waals surface area contributed by atoms with Crippen LogP contribution < -0.4 is 69.1 Å². The average Bonchev–Trinajstić information content (AvgIpc) is 1.68. The van der Waals surface area contributed by atoms with E-state index in [1.165, 1.54) is 17.1 Å². The van der Waals surface area contributed by atoms with Gasteiger partial charge in [0.25, 0.3) is 0 Å². The number of rotatable bonds is 49. The number of nitrogens with zero attached hydrogens (tertiary/aromatic N) is 1. The van der Waals surface area contributed by atoms with Crippen molar-refractivity contribution in [3.8, 4) is 0 Å². The number of carbonyl (C=O) groups is 21. The van der Waals surface area contributed by atoms with E-state index in [-0.39, 0.29) is 76.0 Å². The highest BCUT2D eigenvalue weighted by atomic mass is 19.4. The Hall–Kier alpha value is -14.5. The number of hydrogen-bond donors (Lipinski definition) is 23. The summed E-state index contributed by atoms with van der Waals surface area (Å²) in [6.07, 6.45) is -7.38. The quantitative estimate of drug-likeness (QED) is 0.0238. The third kappa shape index (κ3) is 34.1. The van der Waals surface area contributed by atoms with Crippen molar-refractivity contribution in [3.63, 3.8) is 0 Å². The lowest BCUT2D eigenvalue weighted by molar-refractivity contribution is -0.192. The van der Waals surface area contributed by atoms with Crippen LogP contribution in [0, 0.1) is 5.92 Å². The van der Waals surface area contributed by atoms with Gasteiger partial charge in [-0.3, -0.25) is 91.1 Å². The van der Waals surface area contributed by atoms with Crippen LogP contribution in [0.1, 0.15) is 147 Å². The zero-order valence-electron chi connectivity index (χ0n) is 69.9. The fourth-order valence-corrected chi connectivity index (χ4v) is 13.8. The second kappa shape index (κ2) is 49.4. The predicted octanol–water partition coefficient (Wildman–Crippen LogP) is -1.56. The zero-order chi connectivity index (χ0) is 95.7. The number of carboxylic acid groups (broad SMARTS) is 7. The fourth-order valence-electron chi connectivity index (χ4n) is 13.8. The number of aromatic amines is 2. The van der Waals surface area contributed by atoms with Gasteiger partial charge in [-0.25, -0.2) is 9.59 Å². The van der Waals surface area contributed by atoms with Crippen LogP contribution in [0.3, 0.4) is 0 Å². The Morgan fingerprint density at radius 1 is 0.450 bits per heavy atom. The van der Waals surface area contributed by atoms with Crippen LogP contribution in [0.15, 0.2) is 84.4 Å². The molecule has 48 heteroatoms. The van der Waals surface area contributed by atoms with Crippen molar-refractivity contribution >= 4 is 146 Å². The highest BCUT2D eigenvalue weighted by Crippen LogP contribution is 2.25. The van der Waals surface area contributed by atoms with Crippen LogP contribution in [0.25, 0.3) is 21.8 Å². The molecule has 129 heavy (non-hydrogen) atoms. The molecule has 2 fully saturated rings. The van der Waals surface area contributed by atoms with Gasteiger partial charge in [-0.05, 0) is 113 Å². The molecular formula is C81H103F3N16O29. The van der Waals surface area contributed by atoms with Gasteiger partial charge < -0.3 is 125 Å². The minimum absolute atomic E-state index is 0.00278. The summed E-state index contributed by atoms with van der Waals surface area (Å²) >= 11 is 0. The van der Waals surface area contributed by atoms with E-state index in [0.29, 0.717) is 44.9 Å². The fraction of sp³-hybridized carbons (Fsp3) is 0.494. The Morgan fingerprint density at radius 2 is 0.860 bits per heavy atom. The first-order valence-corrected chi connectivity index (χ1v) is 40.7. The third-order valence-corrected chi connectivity index (χ3v) is 20.5. The molecule has 2 aliphatic heterocycles. The largest absolute Gasteiger partial charge is 0.512 e. The second-order valence-corrected chi connectivity index (χ2v) is 30.9. The molecule has 14 amide bonds. The van der Waals surface area contributed by atoms with Gasteiger partial charge in [0.15, 0.2) is 0 Å². The van der Waals surface area contributed by atoms with Crippen molar-refractivity contribution < 1.29 is 155 Å². The predicted molar refractivity (Wildman–Crippen MR) is 439 cm³/mol. The first kappa shape index (κ1) is 103. The molecule has 1 aliphatic carbocycles. The normalized spacial score (nSPS) is 16.4. The van der Waals surface area contributed by atoms with Crippen LogP contribution in [0.4, 0.5) is 13.2 Å². The molecule has 2 aromatic carbocycles. The van der Waals surface area contributed by atoms with Crippen molar-refractivity contribution in [2.75, 3.05) is 19.6 Å². The number of likely N-dealkylation sites (tertiary alicyclic amines) is 1. The van der Waals surface area contributed by atoms with Crippen LogP contribution in [0.2, 0.25) is 0 Å². The van der Waals surface area contributed by atoms with Crippen LogP contribution in [0.5, 0.6) is 0 Å². The number of hydrogen-bond acceptors (Lipinski definition) is 22. The number of aromatic nitrogens is 2. The molecule has 0 saturated carbocycles. The van der Waals surface area contributed by atoms with Gasteiger partial charge in [0, 0.05) is 98.5 Å². The van der Waals surface area contributed by atoms with E-state index < -0.39 is 280 Å². The third-order valence-electron chi connectivity index (χ3n) is 20.5. The molecular weight excluding hydrogens is 1720 g/mol. The molecule has 12 atom stereocenters. The highest BCUT2D eigenvalue weighted by Gasteiger charge is 2.42. The van der Waals surface area contributed by atoms with E-state index in [4.69, 9.17) is 9.90 Å². The summed E-state index contributed by atoms with van der Waals surface area (Å²) in [7, 11) is 0. The Morgan fingerprint density at radius 3 is 1.27 bits per heavy atom. The number of aliphatic hydroxyl groups excluding tert-OH is 1. The van der Waals surface area contributed by atoms with Crippen molar-refractivity contribution in [1.82, 2.24) is 84.0 Å². The number of para-hydroxylation sites is 2. The van der Waals surface area contributed by atoms with Crippen LogP contribution in [-0.2, 0) is 114 Å². The summed E-state index contributed by atoms with van der Waals surface area (Å²) in [6, 6.07) is -5.93. The number of aliphatic carboxylic acids is 7. The minimum atomic E-state index is -5.08. The molecule has 23 N–H and O–H groups in total. The Labute approximate surface area is 731 Å². The zero-order valence-corrected chi connectivity index (χ0v) is 69.9. The minimum Gasteiger partial charge on any atom is -0.512 e. The van der Waals surface area contributed by atoms with Gasteiger partial charge in [-0.15, -0.1) is 0 Å². The molecule has 4 aromatic rings. The smallest absolute Gasteiger partial charge is 0.490 e. The van der Waals surface area contributed by atoms with Gasteiger partial charge in [0.05, 0.1) is 18.8 Å². The molecule has 702 valence electrons. The number of aliphatic hydroxyl groups is 1. The molecule has 7 rings (SSSR count). The molecule has 0 radical (unpaired) electrons. The summed E-state index contributed by atoms with van der Waals surface area (Å²) in [4.78, 5) is 284. The lowest BCUT2D eigenvalue weighted by Crippen LogP contribution is -2.61. The van der Waals surface area contributed by atoms with Crippen molar-refractivity contribution in [3.05, 3.63) is 95.5 Å². The van der Waals surface area contributed by atoms with Crippen LogP contribution >= 0.6 is 0 Å². The summed E-state index contributed by atoms with van der Waals surface area (Å²) in [6.45, 7) is 3.18. The molecule has 0 spiro atoms. The highest BCUT2D eigenvalue weighted by molar-refractivity contribution is 6.01.